The van der Waals surface area contributed by atoms with Crippen LogP contribution in [0.4, 0.5) is 4.39 Å². The number of alkyl halides is 1. The molecule has 0 spiro atoms. The molecule has 0 radical (unpaired) electrons. The molecule has 3 aromatic carbocycles. The van der Waals surface area contributed by atoms with E-state index in [1.54, 1.807) is 0 Å². The number of nitrogens with zero attached hydrogens (tertiary/aromatic N) is 1. The van der Waals surface area contributed by atoms with Crippen LogP contribution in [0.15, 0.2) is 54.6 Å². The van der Waals surface area contributed by atoms with Gasteiger partial charge in [0.2, 0.25) is 0 Å². The van der Waals surface area contributed by atoms with Crippen LogP contribution >= 0.6 is 0 Å². The third-order valence-corrected chi connectivity index (χ3v) is 6.40. The van der Waals surface area contributed by atoms with Gasteiger partial charge in [-0.15, -0.1) is 0 Å². The van der Waals surface area contributed by atoms with Gasteiger partial charge in [0.1, 0.15) is 6.17 Å². The molecule has 0 saturated heterocycles. The Labute approximate surface area is 173 Å². The molecule has 2 atom stereocenters. The second-order valence-electron chi connectivity index (χ2n) is 8.36. The van der Waals surface area contributed by atoms with Crippen LogP contribution in [0.3, 0.4) is 0 Å². The SMILES string of the molecule is CCCCCCC1Cc2ccc3cc(-c4ccc(C#N)cc4)ccc3c2CC1F. The van der Waals surface area contributed by atoms with E-state index in [0.29, 0.717) is 12.0 Å². The van der Waals surface area contributed by atoms with E-state index in [9.17, 15) is 4.39 Å². The summed E-state index contributed by atoms with van der Waals surface area (Å²) in [6.07, 6.45) is 6.55. The highest BCUT2D eigenvalue weighted by Gasteiger charge is 2.29. The minimum Gasteiger partial charge on any atom is -0.247 e. The average molecular weight is 386 g/mol. The molecule has 2 heteroatoms. The summed E-state index contributed by atoms with van der Waals surface area (Å²) in [5, 5.41) is 11.3. The molecule has 1 nitrogen and oxygen atoms in total. The Kier molecular flexibility index (Phi) is 5.95. The van der Waals surface area contributed by atoms with Gasteiger partial charge in [0.05, 0.1) is 11.6 Å². The number of hydrogen-bond acceptors (Lipinski definition) is 1. The predicted octanol–water partition coefficient (Wildman–Crippen LogP) is 7.40. The summed E-state index contributed by atoms with van der Waals surface area (Å²) in [5.41, 5.74) is 5.42. The molecule has 0 aromatic heterocycles. The van der Waals surface area contributed by atoms with Crippen LogP contribution in [0.25, 0.3) is 21.9 Å². The van der Waals surface area contributed by atoms with E-state index < -0.39 is 6.17 Å². The topological polar surface area (TPSA) is 23.8 Å². The van der Waals surface area contributed by atoms with E-state index >= 15 is 0 Å². The first-order valence-electron chi connectivity index (χ1n) is 10.9. The summed E-state index contributed by atoms with van der Waals surface area (Å²) < 4.78 is 15.0. The van der Waals surface area contributed by atoms with Gasteiger partial charge in [0.15, 0.2) is 0 Å². The third-order valence-electron chi connectivity index (χ3n) is 6.40. The number of unbranched alkanes of at least 4 members (excludes halogenated alkanes) is 3. The first-order chi connectivity index (χ1) is 14.2. The highest BCUT2D eigenvalue weighted by molar-refractivity contribution is 5.91. The Morgan fingerprint density at radius 2 is 1.72 bits per heavy atom. The quantitative estimate of drug-likeness (QED) is 0.405. The van der Waals surface area contributed by atoms with E-state index in [1.807, 2.05) is 24.3 Å². The molecule has 1 aliphatic rings. The Bertz CT molecular complexity index is 1030. The van der Waals surface area contributed by atoms with Crippen molar-refractivity contribution in [2.75, 3.05) is 0 Å². The van der Waals surface area contributed by atoms with Gasteiger partial charge in [-0.05, 0) is 70.0 Å². The van der Waals surface area contributed by atoms with E-state index in [1.165, 1.54) is 41.2 Å². The van der Waals surface area contributed by atoms with Crippen molar-refractivity contribution in [3.63, 3.8) is 0 Å². The van der Waals surface area contributed by atoms with Crippen LogP contribution in [0, 0.1) is 17.2 Å². The molecular weight excluding hydrogens is 357 g/mol. The van der Waals surface area contributed by atoms with Crippen LogP contribution in [0.5, 0.6) is 0 Å². The molecular formula is C27H28FN. The summed E-state index contributed by atoms with van der Waals surface area (Å²) in [6.45, 7) is 2.21. The minimum atomic E-state index is -0.729. The lowest BCUT2D eigenvalue weighted by atomic mass is 9.78. The zero-order chi connectivity index (χ0) is 20.2. The monoisotopic (exact) mass is 385 g/mol. The maximum atomic E-state index is 15.0. The normalized spacial score (nSPS) is 18.4. The van der Waals surface area contributed by atoms with Crippen LogP contribution in [-0.2, 0) is 12.8 Å². The van der Waals surface area contributed by atoms with Crippen molar-refractivity contribution < 1.29 is 4.39 Å². The smallest absolute Gasteiger partial charge is 0.107 e. The minimum absolute atomic E-state index is 0.176. The molecule has 148 valence electrons. The number of halogens is 1. The zero-order valence-electron chi connectivity index (χ0n) is 17.1. The maximum absolute atomic E-state index is 15.0. The molecule has 29 heavy (non-hydrogen) atoms. The highest BCUT2D eigenvalue weighted by Crippen LogP contribution is 2.36. The molecule has 1 aliphatic carbocycles. The summed E-state index contributed by atoms with van der Waals surface area (Å²) in [7, 11) is 0. The average Bonchev–Trinajstić information content (AvgIpc) is 2.76. The Balaban J connectivity index is 1.58. The van der Waals surface area contributed by atoms with Crippen LogP contribution in [-0.4, -0.2) is 6.17 Å². The fourth-order valence-electron chi connectivity index (χ4n) is 4.68. The van der Waals surface area contributed by atoms with Gasteiger partial charge in [-0.25, -0.2) is 4.39 Å². The van der Waals surface area contributed by atoms with Gasteiger partial charge < -0.3 is 0 Å². The number of benzene rings is 3. The van der Waals surface area contributed by atoms with Crippen molar-refractivity contribution in [3.8, 4) is 17.2 Å². The molecule has 0 amide bonds. The van der Waals surface area contributed by atoms with E-state index in [4.69, 9.17) is 5.26 Å². The van der Waals surface area contributed by atoms with Crippen molar-refractivity contribution >= 4 is 10.8 Å². The molecule has 4 rings (SSSR count). The first kappa shape index (κ1) is 19.6. The van der Waals surface area contributed by atoms with Gasteiger partial charge in [-0.3, -0.25) is 0 Å². The van der Waals surface area contributed by atoms with Crippen LogP contribution in [0.1, 0.15) is 55.7 Å². The summed E-state index contributed by atoms with van der Waals surface area (Å²) in [6, 6.07) is 20.7. The lowest BCUT2D eigenvalue weighted by molar-refractivity contribution is 0.199. The number of hydrogen-bond donors (Lipinski definition) is 0. The fourth-order valence-corrected chi connectivity index (χ4v) is 4.68. The number of nitriles is 1. The number of rotatable bonds is 6. The van der Waals surface area contributed by atoms with Gasteiger partial charge in [-0.1, -0.05) is 69.0 Å². The van der Waals surface area contributed by atoms with Gasteiger partial charge in [-0.2, -0.15) is 5.26 Å². The molecule has 2 unspecified atom stereocenters. The van der Waals surface area contributed by atoms with Gasteiger partial charge >= 0.3 is 0 Å². The van der Waals surface area contributed by atoms with E-state index in [0.717, 1.165) is 30.4 Å². The standard InChI is InChI=1S/C27H28FN/c1-2-3-4-5-6-24-16-23-12-11-22-15-21(20-9-7-19(18-29)8-10-20)13-14-25(22)26(23)17-27(24)28/h7-15,24,27H,2-6,16-17H2,1H3. The lowest BCUT2D eigenvalue weighted by Crippen LogP contribution is -2.27. The summed E-state index contributed by atoms with van der Waals surface area (Å²) >= 11 is 0. The molecule has 3 aromatic rings. The second-order valence-corrected chi connectivity index (χ2v) is 8.36. The number of fused-ring (bicyclic) bond motifs is 3. The third kappa shape index (κ3) is 4.20. The largest absolute Gasteiger partial charge is 0.247 e. The Hall–Kier alpha value is -2.66. The van der Waals surface area contributed by atoms with Crippen LogP contribution < -0.4 is 0 Å². The molecule has 0 heterocycles. The van der Waals surface area contributed by atoms with Crippen molar-refractivity contribution in [2.45, 2.75) is 58.0 Å². The van der Waals surface area contributed by atoms with E-state index in [-0.39, 0.29) is 5.92 Å². The highest BCUT2D eigenvalue weighted by atomic mass is 19.1. The van der Waals surface area contributed by atoms with E-state index in [2.05, 4.69) is 43.3 Å². The van der Waals surface area contributed by atoms with Crippen molar-refractivity contribution in [3.05, 3.63) is 71.3 Å². The maximum Gasteiger partial charge on any atom is 0.107 e. The van der Waals surface area contributed by atoms with Crippen molar-refractivity contribution in [1.29, 1.82) is 5.26 Å². The molecule has 0 fully saturated rings. The first-order valence-corrected chi connectivity index (χ1v) is 10.9. The summed E-state index contributed by atoms with van der Waals surface area (Å²) in [5.74, 6) is 0.176. The molecule has 0 bridgehead atoms. The summed E-state index contributed by atoms with van der Waals surface area (Å²) in [4.78, 5) is 0. The predicted molar refractivity (Wildman–Crippen MR) is 119 cm³/mol. The molecule has 0 saturated carbocycles. The second kappa shape index (κ2) is 8.78. The fraction of sp³-hybridized carbons (Fsp3) is 0.370. The van der Waals surface area contributed by atoms with Crippen molar-refractivity contribution in [1.82, 2.24) is 0 Å². The van der Waals surface area contributed by atoms with Gasteiger partial charge in [0.25, 0.3) is 0 Å². The Morgan fingerprint density at radius 3 is 2.48 bits per heavy atom. The van der Waals surface area contributed by atoms with Gasteiger partial charge in [0, 0.05) is 6.42 Å². The van der Waals surface area contributed by atoms with Crippen molar-refractivity contribution in [2.24, 2.45) is 5.92 Å². The molecule has 0 aliphatic heterocycles. The lowest BCUT2D eigenvalue weighted by Gasteiger charge is -2.29. The van der Waals surface area contributed by atoms with Crippen LogP contribution in [0.2, 0.25) is 0 Å². The molecule has 0 N–H and O–H groups in total. The zero-order valence-corrected chi connectivity index (χ0v) is 17.1. The Morgan fingerprint density at radius 1 is 0.931 bits per heavy atom.